The molecule has 35 heavy (non-hydrogen) atoms. The highest BCUT2D eigenvalue weighted by Gasteiger charge is 2.35. The summed E-state index contributed by atoms with van der Waals surface area (Å²) < 4.78 is 8.36. The van der Waals surface area contributed by atoms with E-state index in [0.29, 0.717) is 25.5 Å². The Kier molecular flexibility index (Phi) is 5.62. The predicted molar refractivity (Wildman–Crippen MR) is 140 cm³/mol. The van der Waals surface area contributed by atoms with Crippen LogP contribution in [0.2, 0.25) is 0 Å². The van der Waals surface area contributed by atoms with Gasteiger partial charge in [-0.1, -0.05) is 44.2 Å². The molecule has 0 atom stereocenters. The summed E-state index contributed by atoms with van der Waals surface area (Å²) >= 11 is 0. The topological polar surface area (TPSA) is 63.5 Å². The molecule has 3 aromatic carbocycles. The summed E-state index contributed by atoms with van der Waals surface area (Å²) in [5.41, 5.74) is 10.3. The molecule has 1 aromatic heterocycles. The van der Waals surface area contributed by atoms with Crippen molar-refractivity contribution in [3.63, 3.8) is 0 Å². The predicted octanol–water partition coefficient (Wildman–Crippen LogP) is 5.55. The van der Waals surface area contributed by atoms with Crippen molar-refractivity contribution >= 4 is 27.7 Å². The lowest BCUT2D eigenvalue weighted by Crippen LogP contribution is -2.13. The van der Waals surface area contributed by atoms with Gasteiger partial charge in [-0.25, -0.2) is 0 Å². The fourth-order valence-corrected chi connectivity index (χ4v) is 5.89. The largest absolute Gasteiger partial charge is 0.396 e. The number of nitrogens with zero attached hydrogens (tertiary/aromatic N) is 1. The Morgan fingerprint density at radius 2 is 1.97 bits per heavy atom. The van der Waals surface area contributed by atoms with Gasteiger partial charge < -0.3 is 19.7 Å². The van der Waals surface area contributed by atoms with Crippen LogP contribution in [0, 0.1) is 5.92 Å². The average Bonchev–Trinajstić information content (AvgIpc) is 3.51. The summed E-state index contributed by atoms with van der Waals surface area (Å²) in [6, 6.07) is 15.1. The standard InChI is InChI=1S/C30H32N2O3/c1-18(2)10-13-35-17-19-8-9-25-22(14-19)27-24-16-31-30(34)28(24)26-21-7-4-3-6-20(21)15-23(26)29(27)32(25)11-5-12-33/h3-4,6-9,14,18,33H,5,10-13,15-17H2,1-2H3,(H,31,34). The first-order chi connectivity index (χ1) is 17.1. The van der Waals surface area contributed by atoms with Gasteiger partial charge in [0.15, 0.2) is 0 Å². The van der Waals surface area contributed by atoms with Gasteiger partial charge in [0, 0.05) is 54.6 Å². The van der Waals surface area contributed by atoms with Gasteiger partial charge in [-0.15, -0.1) is 0 Å². The van der Waals surface area contributed by atoms with E-state index in [0.717, 1.165) is 53.8 Å². The van der Waals surface area contributed by atoms with E-state index in [4.69, 9.17) is 4.74 Å². The van der Waals surface area contributed by atoms with E-state index in [-0.39, 0.29) is 12.5 Å². The molecule has 0 unspecified atom stereocenters. The van der Waals surface area contributed by atoms with Crippen LogP contribution in [-0.2, 0) is 30.9 Å². The molecule has 0 saturated carbocycles. The number of hydrogen-bond donors (Lipinski definition) is 2. The van der Waals surface area contributed by atoms with E-state index in [9.17, 15) is 9.90 Å². The SMILES string of the molecule is CC(C)CCOCc1ccc2c(c1)c1c3c(c4c(c1n2CCCO)Cc1ccccc1-4)C(=O)NC3. The molecular formula is C30H32N2O3. The van der Waals surface area contributed by atoms with Crippen LogP contribution >= 0.6 is 0 Å². The Labute approximate surface area is 205 Å². The van der Waals surface area contributed by atoms with E-state index in [1.54, 1.807) is 0 Å². The van der Waals surface area contributed by atoms with Gasteiger partial charge in [0.05, 0.1) is 17.7 Å². The van der Waals surface area contributed by atoms with Crippen LogP contribution in [0.5, 0.6) is 0 Å². The lowest BCUT2D eigenvalue weighted by molar-refractivity contribution is 0.0966. The van der Waals surface area contributed by atoms with Crippen LogP contribution in [0.1, 0.15) is 59.3 Å². The Morgan fingerprint density at radius 1 is 1.11 bits per heavy atom. The van der Waals surface area contributed by atoms with Crippen LogP contribution in [0.15, 0.2) is 42.5 Å². The Hall–Kier alpha value is -3.15. The van der Waals surface area contributed by atoms with Gasteiger partial charge in [-0.05, 0) is 58.7 Å². The Bertz CT molecular complexity index is 1460. The van der Waals surface area contributed by atoms with Crippen LogP contribution in [-0.4, -0.2) is 28.8 Å². The smallest absolute Gasteiger partial charge is 0.252 e. The Balaban J connectivity index is 1.59. The Morgan fingerprint density at radius 3 is 2.80 bits per heavy atom. The lowest BCUT2D eigenvalue weighted by atomic mass is 9.92. The summed E-state index contributed by atoms with van der Waals surface area (Å²) in [6.07, 6.45) is 2.56. The second-order valence-electron chi connectivity index (χ2n) is 10.3. The summed E-state index contributed by atoms with van der Waals surface area (Å²) in [6.45, 7) is 7.20. The molecule has 180 valence electrons. The van der Waals surface area contributed by atoms with Crippen LogP contribution in [0.25, 0.3) is 32.9 Å². The van der Waals surface area contributed by atoms with Gasteiger partial charge in [-0.2, -0.15) is 0 Å². The zero-order valence-electron chi connectivity index (χ0n) is 20.5. The number of hydrogen-bond acceptors (Lipinski definition) is 3. The molecule has 2 N–H and O–H groups in total. The first-order valence-electron chi connectivity index (χ1n) is 12.8. The lowest BCUT2D eigenvalue weighted by Gasteiger charge is -2.13. The summed E-state index contributed by atoms with van der Waals surface area (Å²) in [7, 11) is 0. The second-order valence-corrected chi connectivity index (χ2v) is 10.3. The minimum absolute atomic E-state index is 0.0271. The maximum atomic E-state index is 13.1. The van der Waals surface area contributed by atoms with E-state index < -0.39 is 0 Å². The number of fused-ring (bicyclic) bond motifs is 10. The summed E-state index contributed by atoms with van der Waals surface area (Å²) in [4.78, 5) is 13.1. The van der Waals surface area contributed by atoms with E-state index in [1.807, 2.05) is 0 Å². The third-order valence-electron chi connectivity index (χ3n) is 7.52. The van der Waals surface area contributed by atoms with E-state index >= 15 is 0 Å². The molecule has 6 rings (SSSR count). The molecule has 5 heteroatoms. The average molecular weight is 469 g/mol. The van der Waals surface area contributed by atoms with Crippen molar-refractivity contribution < 1.29 is 14.6 Å². The summed E-state index contributed by atoms with van der Waals surface area (Å²) in [5.74, 6) is 0.653. The van der Waals surface area contributed by atoms with Gasteiger partial charge in [-0.3, -0.25) is 4.79 Å². The maximum absolute atomic E-state index is 13.1. The number of benzene rings is 3. The molecule has 1 aliphatic heterocycles. The number of carbonyl (C=O) groups excluding carboxylic acids is 1. The molecule has 0 saturated heterocycles. The highest BCUT2D eigenvalue weighted by molar-refractivity contribution is 6.20. The number of aromatic nitrogens is 1. The molecule has 0 fully saturated rings. The van der Waals surface area contributed by atoms with Gasteiger partial charge >= 0.3 is 0 Å². The molecule has 0 spiro atoms. The van der Waals surface area contributed by atoms with Gasteiger partial charge in [0.1, 0.15) is 0 Å². The van der Waals surface area contributed by atoms with Crippen molar-refractivity contribution in [1.82, 2.24) is 9.88 Å². The third-order valence-corrected chi connectivity index (χ3v) is 7.52. The number of ether oxygens (including phenoxy) is 1. The first-order valence-corrected chi connectivity index (χ1v) is 12.8. The monoisotopic (exact) mass is 468 g/mol. The van der Waals surface area contributed by atoms with Gasteiger partial charge in [0.25, 0.3) is 5.91 Å². The highest BCUT2D eigenvalue weighted by Crippen LogP contribution is 2.48. The van der Waals surface area contributed by atoms with Crippen molar-refractivity contribution in [3.8, 4) is 11.1 Å². The van der Waals surface area contributed by atoms with Crippen molar-refractivity contribution in [2.24, 2.45) is 5.92 Å². The minimum atomic E-state index is 0.0271. The molecule has 2 aliphatic rings. The summed E-state index contributed by atoms with van der Waals surface area (Å²) in [5, 5.41) is 15.1. The molecule has 1 amide bonds. The van der Waals surface area contributed by atoms with Crippen molar-refractivity contribution in [1.29, 1.82) is 0 Å². The fraction of sp³-hybridized carbons (Fsp3) is 0.367. The highest BCUT2D eigenvalue weighted by atomic mass is 16.5. The van der Waals surface area contributed by atoms with E-state index in [2.05, 4.69) is 66.2 Å². The number of amides is 1. The molecular weight excluding hydrogens is 436 g/mol. The van der Waals surface area contributed by atoms with E-state index in [1.165, 1.54) is 33.0 Å². The molecule has 4 aromatic rings. The number of aryl methyl sites for hydroxylation is 1. The fourth-order valence-electron chi connectivity index (χ4n) is 5.89. The second kappa shape index (κ2) is 8.81. The quantitative estimate of drug-likeness (QED) is 0.293. The first kappa shape index (κ1) is 22.3. The normalized spacial score (nSPS) is 14.1. The molecule has 0 bridgehead atoms. The molecule has 0 radical (unpaired) electrons. The zero-order valence-corrected chi connectivity index (χ0v) is 20.5. The number of nitrogens with one attached hydrogen (secondary N) is 1. The van der Waals surface area contributed by atoms with Crippen LogP contribution < -0.4 is 5.32 Å². The molecule has 2 heterocycles. The number of rotatable bonds is 8. The number of aliphatic hydroxyl groups is 1. The minimum Gasteiger partial charge on any atom is -0.396 e. The zero-order chi connectivity index (χ0) is 24.1. The number of carbonyl (C=O) groups is 1. The van der Waals surface area contributed by atoms with Gasteiger partial charge in [0.2, 0.25) is 0 Å². The third kappa shape index (κ3) is 3.57. The maximum Gasteiger partial charge on any atom is 0.252 e. The van der Waals surface area contributed by atoms with Crippen molar-refractivity contribution in [2.75, 3.05) is 13.2 Å². The molecule has 1 aliphatic carbocycles. The number of aliphatic hydroxyl groups excluding tert-OH is 1. The molecule has 5 nitrogen and oxygen atoms in total. The van der Waals surface area contributed by atoms with Crippen molar-refractivity contribution in [3.05, 3.63) is 70.3 Å². The van der Waals surface area contributed by atoms with Crippen LogP contribution in [0.3, 0.4) is 0 Å². The van der Waals surface area contributed by atoms with Crippen molar-refractivity contribution in [2.45, 2.75) is 52.8 Å². The van der Waals surface area contributed by atoms with Crippen LogP contribution in [0.4, 0.5) is 0 Å².